The summed E-state index contributed by atoms with van der Waals surface area (Å²) in [6, 6.07) is 0. The Morgan fingerprint density at radius 1 is 0.514 bits per heavy atom. The summed E-state index contributed by atoms with van der Waals surface area (Å²) in [5, 5.41) is 0. The van der Waals surface area contributed by atoms with Crippen LogP contribution in [0.4, 0.5) is 4.39 Å². The average molecular weight is 527 g/mol. The van der Waals surface area contributed by atoms with Crippen LogP contribution >= 0.6 is 0 Å². The molecule has 3 heteroatoms. The molecule has 0 aliphatic heterocycles. The Kier molecular flexibility index (Phi) is 27.9. The zero-order chi connectivity index (χ0) is 27.4. The molecule has 0 aliphatic rings. The molecule has 0 bridgehead atoms. The van der Waals surface area contributed by atoms with Crippen molar-refractivity contribution in [3.8, 4) is 0 Å². The van der Waals surface area contributed by atoms with E-state index in [-0.39, 0.29) is 6.10 Å². The third-order valence-electron chi connectivity index (χ3n) is 8.00. The predicted molar refractivity (Wildman–Crippen MR) is 161 cm³/mol. The van der Waals surface area contributed by atoms with E-state index in [2.05, 4.69) is 27.7 Å². The highest BCUT2D eigenvalue weighted by atomic mass is 19.1. The molecule has 0 aromatic carbocycles. The van der Waals surface area contributed by atoms with Crippen LogP contribution in [0.5, 0.6) is 0 Å². The first-order valence-electron chi connectivity index (χ1n) is 16.9. The summed E-state index contributed by atoms with van der Waals surface area (Å²) in [5.74, 6) is 0.109. The number of carbonyl (C=O) groups is 1. The van der Waals surface area contributed by atoms with E-state index in [0.29, 0.717) is 12.3 Å². The number of alkyl halides is 1. The van der Waals surface area contributed by atoms with Crippen LogP contribution in [-0.2, 0) is 9.53 Å². The molecule has 0 radical (unpaired) electrons. The van der Waals surface area contributed by atoms with Crippen molar-refractivity contribution in [3.63, 3.8) is 0 Å². The predicted octanol–water partition coefficient (Wildman–Crippen LogP) is 12.1. The van der Waals surface area contributed by atoms with Gasteiger partial charge in [-0.3, -0.25) is 0 Å². The second-order valence-electron chi connectivity index (χ2n) is 11.9. The van der Waals surface area contributed by atoms with Crippen LogP contribution in [0, 0.1) is 5.92 Å². The lowest BCUT2D eigenvalue weighted by Gasteiger charge is -2.19. The number of ether oxygens (including phenoxy) is 1. The fraction of sp³-hybridized carbons (Fsp3) is 0.971. The van der Waals surface area contributed by atoms with E-state index in [1.54, 1.807) is 0 Å². The summed E-state index contributed by atoms with van der Waals surface area (Å²) in [6.45, 7) is 9.07. The number of hydrogen-bond donors (Lipinski definition) is 0. The SMILES string of the molecule is CCCCCCCCCC(C)CCCCC(F)C(=O)OC(CCCCCCCC)CCCCCCCC. The highest BCUT2D eigenvalue weighted by Gasteiger charge is 2.22. The fourth-order valence-electron chi connectivity index (χ4n) is 5.33. The number of rotatable bonds is 29. The van der Waals surface area contributed by atoms with Gasteiger partial charge in [-0.1, -0.05) is 156 Å². The van der Waals surface area contributed by atoms with Crippen molar-refractivity contribution in [1.29, 1.82) is 0 Å². The minimum atomic E-state index is -1.45. The molecule has 37 heavy (non-hydrogen) atoms. The Labute approximate surface area is 232 Å². The van der Waals surface area contributed by atoms with Gasteiger partial charge in [-0.25, -0.2) is 9.18 Å². The summed E-state index contributed by atoms with van der Waals surface area (Å²) >= 11 is 0. The first-order chi connectivity index (χ1) is 18.0. The van der Waals surface area contributed by atoms with E-state index >= 15 is 0 Å². The maximum atomic E-state index is 14.6. The molecule has 0 spiro atoms. The molecular weight excluding hydrogens is 459 g/mol. The molecule has 0 N–H and O–H groups in total. The zero-order valence-corrected chi connectivity index (χ0v) is 25.8. The van der Waals surface area contributed by atoms with E-state index in [1.165, 1.54) is 116 Å². The Balaban J connectivity index is 4.12. The number of carbonyl (C=O) groups excluding carboxylic acids is 1. The largest absolute Gasteiger partial charge is 0.460 e. The molecule has 0 rings (SSSR count). The summed E-state index contributed by atoms with van der Waals surface area (Å²) in [6.07, 6.45) is 29.1. The Morgan fingerprint density at radius 3 is 1.27 bits per heavy atom. The molecule has 0 saturated heterocycles. The van der Waals surface area contributed by atoms with Crippen molar-refractivity contribution >= 4 is 5.97 Å². The number of halogens is 1. The lowest BCUT2D eigenvalue weighted by molar-refractivity contribution is -0.156. The summed E-state index contributed by atoms with van der Waals surface area (Å²) < 4.78 is 20.4. The van der Waals surface area contributed by atoms with E-state index in [9.17, 15) is 9.18 Å². The molecule has 0 aromatic heterocycles. The van der Waals surface area contributed by atoms with E-state index < -0.39 is 12.1 Å². The summed E-state index contributed by atoms with van der Waals surface area (Å²) in [5.41, 5.74) is 0. The van der Waals surface area contributed by atoms with Gasteiger partial charge in [-0.15, -0.1) is 0 Å². The Bertz CT molecular complexity index is 451. The van der Waals surface area contributed by atoms with Crippen LogP contribution in [-0.4, -0.2) is 18.2 Å². The summed E-state index contributed by atoms with van der Waals surface area (Å²) in [7, 11) is 0. The number of hydrogen-bond acceptors (Lipinski definition) is 2. The van der Waals surface area contributed by atoms with Crippen molar-refractivity contribution < 1.29 is 13.9 Å². The van der Waals surface area contributed by atoms with E-state index in [0.717, 1.165) is 44.9 Å². The van der Waals surface area contributed by atoms with Gasteiger partial charge in [0.1, 0.15) is 6.10 Å². The first-order valence-corrected chi connectivity index (χ1v) is 16.9. The minimum Gasteiger partial charge on any atom is -0.460 e. The van der Waals surface area contributed by atoms with Gasteiger partial charge < -0.3 is 4.74 Å². The minimum absolute atomic E-state index is 0.0925. The molecule has 2 atom stereocenters. The molecule has 222 valence electrons. The topological polar surface area (TPSA) is 26.3 Å². The lowest BCUT2D eigenvalue weighted by atomic mass is 9.96. The fourth-order valence-corrected chi connectivity index (χ4v) is 5.33. The molecule has 0 fully saturated rings. The van der Waals surface area contributed by atoms with Crippen LogP contribution in [0.3, 0.4) is 0 Å². The average Bonchev–Trinajstić information content (AvgIpc) is 2.89. The second kappa shape index (κ2) is 28.4. The molecule has 0 saturated carbocycles. The van der Waals surface area contributed by atoms with Crippen molar-refractivity contribution in [2.45, 2.75) is 207 Å². The standard InChI is InChI=1S/C34H67FO2/c1-5-8-11-14-17-18-21-26-31(4)27-24-25-30-33(35)34(36)37-32(28-22-19-15-12-9-6-2)29-23-20-16-13-10-7-3/h31-33H,5-30H2,1-4H3. The van der Waals surface area contributed by atoms with Crippen molar-refractivity contribution in [2.24, 2.45) is 5.92 Å². The van der Waals surface area contributed by atoms with Gasteiger partial charge >= 0.3 is 5.97 Å². The normalized spacial score (nSPS) is 13.2. The van der Waals surface area contributed by atoms with Crippen LogP contribution in [0.25, 0.3) is 0 Å². The van der Waals surface area contributed by atoms with Gasteiger partial charge in [0.25, 0.3) is 0 Å². The number of unbranched alkanes of at least 4 members (excludes halogenated alkanes) is 17. The van der Waals surface area contributed by atoms with E-state index in [4.69, 9.17) is 4.74 Å². The van der Waals surface area contributed by atoms with Crippen LogP contribution in [0.15, 0.2) is 0 Å². The van der Waals surface area contributed by atoms with Gasteiger partial charge in [0.15, 0.2) is 6.17 Å². The molecular formula is C34H67FO2. The molecule has 0 heterocycles. The smallest absolute Gasteiger partial charge is 0.340 e. The van der Waals surface area contributed by atoms with Gasteiger partial charge in [0.2, 0.25) is 0 Å². The molecule has 0 aromatic rings. The molecule has 2 nitrogen and oxygen atoms in total. The van der Waals surface area contributed by atoms with Crippen LogP contribution < -0.4 is 0 Å². The second-order valence-corrected chi connectivity index (χ2v) is 11.9. The molecule has 0 amide bonds. The third-order valence-corrected chi connectivity index (χ3v) is 8.00. The third kappa shape index (κ3) is 25.4. The quantitative estimate of drug-likeness (QED) is 0.0715. The van der Waals surface area contributed by atoms with Gasteiger partial charge in [-0.2, -0.15) is 0 Å². The molecule has 0 aliphatic carbocycles. The summed E-state index contributed by atoms with van der Waals surface area (Å²) in [4.78, 5) is 12.5. The first kappa shape index (κ1) is 36.4. The monoisotopic (exact) mass is 527 g/mol. The molecule has 2 unspecified atom stereocenters. The number of esters is 1. The highest BCUT2D eigenvalue weighted by Crippen LogP contribution is 2.21. The maximum absolute atomic E-state index is 14.6. The maximum Gasteiger partial charge on any atom is 0.340 e. The van der Waals surface area contributed by atoms with Gasteiger partial charge in [-0.05, 0) is 44.4 Å². The highest BCUT2D eigenvalue weighted by molar-refractivity contribution is 5.74. The van der Waals surface area contributed by atoms with E-state index in [1.807, 2.05) is 0 Å². The zero-order valence-electron chi connectivity index (χ0n) is 25.8. The Hall–Kier alpha value is -0.600. The van der Waals surface area contributed by atoms with Gasteiger partial charge in [0, 0.05) is 0 Å². The Morgan fingerprint density at radius 2 is 0.838 bits per heavy atom. The van der Waals surface area contributed by atoms with Crippen molar-refractivity contribution in [1.82, 2.24) is 0 Å². The van der Waals surface area contributed by atoms with Crippen molar-refractivity contribution in [2.75, 3.05) is 0 Å². The van der Waals surface area contributed by atoms with Gasteiger partial charge in [0.05, 0.1) is 0 Å². The van der Waals surface area contributed by atoms with Crippen LogP contribution in [0.1, 0.15) is 195 Å². The lowest BCUT2D eigenvalue weighted by Crippen LogP contribution is -2.25. The van der Waals surface area contributed by atoms with Crippen molar-refractivity contribution in [3.05, 3.63) is 0 Å². The van der Waals surface area contributed by atoms with Crippen LogP contribution in [0.2, 0.25) is 0 Å².